The Bertz CT molecular complexity index is 518. The van der Waals surface area contributed by atoms with E-state index in [4.69, 9.17) is 10.2 Å². The second-order valence-corrected chi connectivity index (χ2v) is 4.11. The molecule has 1 aromatic rings. The van der Waals surface area contributed by atoms with E-state index >= 15 is 0 Å². The summed E-state index contributed by atoms with van der Waals surface area (Å²) in [4.78, 5) is 26.7. The molecule has 0 spiro atoms. The molecule has 2 rings (SSSR count). The Kier molecular flexibility index (Phi) is 2.78. The van der Waals surface area contributed by atoms with Crippen LogP contribution < -0.4 is 0 Å². The van der Waals surface area contributed by atoms with Crippen molar-refractivity contribution in [1.29, 1.82) is 0 Å². The SMILES string of the molecule is Cc1ccc(C2=NOC(C(=O)O)(C(=O)O)C2)cc1. The van der Waals surface area contributed by atoms with Crippen LogP contribution in [0, 0.1) is 6.92 Å². The van der Waals surface area contributed by atoms with Crippen LogP contribution in [0.3, 0.4) is 0 Å². The van der Waals surface area contributed by atoms with Gasteiger partial charge in [0.2, 0.25) is 0 Å². The van der Waals surface area contributed by atoms with Gasteiger partial charge in [-0.15, -0.1) is 0 Å². The Balaban J connectivity index is 2.28. The number of carbonyl (C=O) groups is 2. The monoisotopic (exact) mass is 249 g/mol. The summed E-state index contributed by atoms with van der Waals surface area (Å²) < 4.78 is 0. The van der Waals surface area contributed by atoms with Crippen molar-refractivity contribution < 1.29 is 24.6 Å². The molecule has 0 bridgehead atoms. The van der Waals surface area contributed by atoms with Crippen LogP contribution in [-0.4, -0.2) is 33.5 Å². The maximum Gasteiger partial charge on any atom is 0.363 e. The molecule has 0 aliphatic carbocycles. The van der Waals surface area contributed by atoms with Crippen molar-refractivity contribution >= 4 is 17.7 Å². The number of aliphatic carboxylic acids is 2. The molecule has 1 aliphatic heterocycles. The molecule has 0 saturated carbocycles. The van der Waals surface area contributed by atoms with Crippen molar-refractivity contribution in [2.75, 3.05) is 0 Å². The van der Waals surface area contributed by atoms with Gasteiger partial charge in [0.05, 0.1) is 12.1 Å². The van der Waals surface area contributed by atoms with E-state index in [-0.39, 0.29) is 6.42 Å². The third-order valence-corrected chi connectivity index (χ3v) is 2.80. The van der Waals surface area contributed by atoms with Crippen molar-refractivity contribution in [2.24, 2.45) is 5.16 Å². The largest absolute Gasteiger partial charge is 0.478 e. The minimum atomic E-state index is -2.31. The summed E-state index contributed by atoms with van der Waals surface area (Å²) in [7, 11) is 0. The molecular weight excluding hydrogens is 238 g/mol. The number of hydrogen-bond acceptors (Lipinski definition) is 4. The predicted octanol–water partition coefficient (Wildman–Crippen LogP) is 1.03. The van der Waals surface area contributed by atoms with Gasteiger partial charge >= 0.3 is 17.5 Å². The zero-order valence-corrected chi connectivity index (χ0v) is 9.58. The molecule has 0 saturated heterocycles. The minimum Gasteiger partial charge on any atom is -0.478 e. The van der Waals surface area contributed by atoms with Crippen LogP contribution in [0.15, 0.2) is 29.4 Å². The normalized spacial score (nSPS) is 16.8. The second-order valence-electron chi connectivity index (χ2n) is 4.11. The average Bonchev–Trinajstić information content (AvgIpc) is 2.76. The second kappa shape index (κ2) is 4.14. The van der Waals surface area contributed by atoms with Gasteiger partial charge in [0.25, 0.3) is 0 Å². The van der Waals surface area contributed by atoms with E-state index in [0.29, 0.717) is 11.3 Å². The summed E-state index contributed by atoms with van der Waals surface area (Å²) in [5.74, 6) is -3.11. The molecule has 0 fully saturated rings. The summed E-state index contributed by atoms with van der Waals surface area (Å²) in [5, 5.41) is 21.5. The van der Waals surface area contributed by atoms with Gasteiger partial charge in [0.1, 0.15) is 0 Å². The van der Waals surface area contributed by atoms with Crippen LogP contribution in [0.4, 0.5) is 0 Å². The van der Waals surface area contributed by atoms with Crippen LogP contribution >= 0.6 is 0 Å². The molecule has 0 aromatic heterocycles. The van der Waals surface area contributed by atoms with E-state index in [2.05, 4.69) is 9.99 Å². The van der Waals surface area contributed by atoms with Gasteiger partial charge in [-0.25, -0.2) is 9.59 Å². The number of nitrogens with zero attached hydrogens (tertiary/aromatic N) is 1. The van der Waals surface area contributed by atoms with Crippen molar-refractivity contribution in [2.45, 2.75) is 18.9 Å². The number of carboxylic acids is 2. The highest BCUT2D eigenvalue weighted by atomic mass is 16.7. The highest BCUT2D eigenvalue weighted by Gasteiger charge is 2.54. The predicted molar refractivity (Wildman–Crippen MR) is 61.4 cm³/mol. The van der Waals surface area contributed by atoms with Gasteiger partial charge in [-0.3, -0.25) is 0 Å². The third-order valence-electron chi connectivity index (χ3n) is 2.80. The lowest BCUT2D eigenvalue weighted by Crippen LogP contribution is -2.46. The van der Waals surface area contributed by atoms with E-state index in [9.17, 15) is 9.59 Å². The Hall–Kier alpha value is -2.37. The zero-order chi connectivity index (χ0) is 13.3. The Morgan fingerprint density at radius 2 is 1.78 bits per heavy atom. The van der Waals surface area contributed by atoms with Gasteiger partial charge in [0, 0.05) is 0 Å². The number of carboxylic acid groups (broad SMARTS) is 2. The smallest absolute Gasteiger partial charge is 0.363 e. The maximum absolute atomic E-state index is 11.0. The molecule has 94 valence electrons. The first-order chi connectivity index (χ1) is 8.45. The van der Waals surface area contributed by atoms with Crippen molar-refractivity contribution in [1.82, 2.24) is 0 Å². The molecule has 1 aliphatic rings. The van der Waals surface area contributed by atoms with E-state index in [1.54, 1.807) is 12.1 Å². The molecule has 0 atom stereocenters. The van der Waals surface area contributed by atoms with E-state index < -0.39 is 17.5 Å². The fourth-order valence-electron chi connectivity index (χ4n) is 1.65. The van der Waals surface area contributed by atoms with Crippen LogP contribution in [-0.2, 0) is 14.4 Å². The summed E-state index contributed by atoms with van der Waals surface area (Å²) in [6.45, 7) is 1.91. The van der Waals surface area contributed by atoms with E-state index in [0.717, 1.165) is 5.56 Å². The molecule has 0 radical (unpaired) electrons. The minimum absolute atomic E-state index is 0.291. The van der Waals surface area contributed by atoms with Gasteiger partial charge < -0.3 is 15.1 Å². The molecule has 6 heteroatoms. The maximum atomic E-state index is 11.0. The first-order valence-corrected chi connectivity index (χ1v) is 5.24. The summed E-state index contributed by atoms with van der Waals surface area (Å²) in [6, 6.07) is 7.16. The third kappa shape index (κ3) is 1.81. The summed E-state index contributed by atoms with van der Waals surface area (Å²) in [5.41, 5.74) is -0.286. The highest BCUT2D eigenvalue weighted by Crippen LogP contribution is 2.27. The summed E-state index contributed by atoms with van der Waals surface area (Å²) >= 11 is 0. The molecule has 6 nitrogen and oxygen atoms in total. The van der Waals surface area contributed by atoms with Gasteiger partial charge in [-0.2, -0.15) is 0 Å². The molecule has 0 unspecified atom stereocenters. The van der Waals surface area contributed by atoms with Crippen molar-refractivity contribution in [3.63, 3.8) is 0 Å². The topological polar surface area (TPSA) is 96.2 Å². The number of hydrogen-bond donors (Lipinski definition) is 2. The molecule has 0 amide bonds. The van der Waals surface area contributed by atoms with Gasteiger partial charge in [-0.1, -0.05) is 35.0 Å². The van der Waals surface area contributed by atoms with Crippen LogP contribution in [0.1, 0.15) is 17.5 Å². The lowest BCUT2D eigenvalue weighted by atomic mass is 9.94. The summed E-state index contributed by atoms with van der Waals surface area (Å²) in [6.07, 6.45) is -0.291. The van der Waals surface area contributed by atoms with E-state index in [1.165, 1.54) is 0 Å². The molecule has 1 heterocycles. The quantitative estimate of drug-likeness (QED) is 0.780. The van der Waals surface area contributed by atoms with Crippen LogP contribution in [0.25, 0.3) is 0 Å². The average molecular weight is 249 g/mol. The first-order valence-electron chi connectivity index (χ1n) is 5.24. The van der Waals surface area contributed by atoms with Crippen molar-refractivity contribution in [3.8, 4) is 0 Å². The standard InChI is InChI=1S/C12H11NO5/c1-7-2-4-8(5-3-7)9-6-12(10(14)15,11(16)17)18-13-9/h2-5H,6H2,1H3,(H,14,15)(H,16,17). The van der Waals surface area contributed by atoms with Crippen LogP contribution in [0.5, 0.6) is 0 Å². The first kappa shape index (κ1) is 12.1. The lowest BCUT2D eigenvalue weighted by Gasteiger charge is -2.15. The van der Waals surface area contributed by atoms with Crippen molar-refractivity contribution in [3.05, 3.63) is 35.4 Å². The van der Waals surface area contributed by atoms with Gasteiger partial charge in [-0.05, 0) is 12.5 Å². The fourth-order valence-corrected chi connectivity index (χ4v) is 1.65. The Morgan fingerprint density at radius 3 is 2.22 bits per heavy atom. The Labute approximate surface area is 102 Å². The molecular formula is C12H11NO5. The number of benzene rings is 1. The number of oxime groups is 1. The molecule has 2 N–H and O–H groups in total. The Morgan fingerprint density at radius 1 is 1.22 bits per heavy atom. The number of rotatable bonds is 3. The zero-order valence-electron chi connectivity index (χ0n) is 9.58. The van der Waals surface area contributed by atoms with Gasteiger partial charge in [0.15, 0.2) is 0 Å². The van der Waals surface area contributed by atoms with E-state index in [1.807, 2.05) is 19.1 Å². The number of aryl methyl sites for hydroxylation is 1. The molecule has 18 heavy (non-hydrogen) atoms. The fraction of sp³-hybridized carbons (Fsp3) is 0.250. The molecule has 1 aromatic carbocycles. The highest BCUT2D eigenvalue weighted by molar-refractivity contribution is 6.12. The lowest BCUT2D eigenvalue weighted by molar-refractivity contribution is -0.179. The van der Waals surface area contributed by atoms with Crippen LogP contribution in [0.2, 0.25) is 0 Å².